The third kappa shape index (κ3) is 3.92. The predicted octanol–water partition coefficient (Wildman–Crippen LogP) is 4.58. The van der Waals surface area contributed by atoms with E-state index in [0.29, 0.717) is 23.7 Å². The van der Waals surface area contributed by atoms with Crippen molar-refractivity contribution in [3.63, 3.8) is 0 Å². The SMILES string of the molecule is CSCOC1C[C@@]2(C)C(=CC1=O)CC[C@H]1[C@@H]3CC[C@H](C(=O)COC(C)=O)[C@@]3(C)CC[C@@H]12. The van der Waals surface area contributed by atoms with Crippen LogP contribution in [0.5, 0.6) is 0 Å². The lowest BCUT2D eigenvalue weighted by Gasteiger charge is -2.58. The van der Waals surface area contributed by atoms with Gasteiger partial charge in [0.25, 0.3) is 0 Å². The maximum absolute atomic E-state index is 12.9. The molecule has 0 aliphatic heterocycles. The van der Waals surface area contributed by atoms with Gasteiger partial charge < -0.3 is 9.47 Å². The van der Waals surface area contributed by atoms with Crippen molar-refractivity contribution in [2.24, 2.45) is 34.5 Å². The van der Waals surface area contributed by atoms with E-state index >= 15 is 0 Å². The standard InChI is InChI=1S/C25H36O5S/c1-15(26)29-13-22(28)20-8-7-18-17-6-5-16-11-21(27)23(30-14-31-4)12-25(16,3)19(17)9-10-24(18,20)2/h11,17-20,23H,5-10,12-14H2,1-4H3/t17-,18-,19-,20+,23?,24-,25-/m0/s1. The molecule has 7 atom stereocenters. The van der Waals surface area contributed by atoms with Crippen molar-refractivity contribution >= 4 is 29.3 Å². The Morgan fingerprint density at radius 2 is 1.94 bits per heavy atom. The molecule has 0 saturated heterocycles. The monoisotopic (exact) mass is 448 g/mol. The highest BCUT2D eigenvalue weighted by atomic mass is 32.2. The number of ketones is 2. The Kier molecular flexibility index (Phi) is 6.43. The van der Waals surface area contributed by atoms with Crippen LogP contribution in [0.4, 0.5) is 0 Å². The van der Waals surface area contributed by atoms with Gasteiger partial charge in [-0.2, -0.15) is 0 Å². The molecule has 31 heavy (non-hydrogen) atoms. The minimum absolute atomic E-state index is 0.00475. The topological polar surface area (TPSA) is 69.7 Å². The number of ether oxygens (including phenoxy) is 2. The summed E-state index contributed by atoms with van der Waals surface area (Å²) in [6.45, 7) is 5.94. The summed E-state index contributed by atoms with van der Waals surface area (Å²) in [6.07, 6.45) is 10.6. The molecule has 5 nitrogen and oxygen atoms in total. The molecule has 0 heterocycles. The molecule has 0 radical (unpaired) electrons. The number of esters is 1. The lowest BCUT2D eigenvalue weighted by atomic mass is 9.46. The summed E-state index contributed by atoms with van der Waals surface area (Å²) >= 11 is 1.61. The Morgan fingerprint density at radius 3 is 2.65 bits per heavy atom. The summed E-state index contributed by atoms with van der Waals surface area (Å²) in [4.78, 5) is 36.7. The predicted molar refractivity (Wildman–Crippen MR) is 120 cm³/mol. The first-order chi connectivity index (χ1) is 14.7. The molecule has 0 aromatic heterocycles. The number of rotatable bonds is 6. The van der Waals surface area contributed by atoms with Crippen molar-refractivity contribution in [1.29, 1.82) is 0 Å². The van der Waals surface area contributed by atoms with Gasteiger partial charge in [0.1, 0.15) is 12.7 Å². The summed E-state index contributed by atoms with van der Waals surface area (Å²) in [5, 5.41) is 0. The van der Waals surface area contributed by atoms with E-state index < -0.39 is 0 Å². The largest absolute Gasteiger partial charge is 0.458 e. The summed E-state index contributed by atoms with van der Waals surface area (Å²) in [6, 6.07) is 0. The molecule has 0 spiro atoms. The maximum atomic E-state index is 12.9. The Balaban J connectivity index is 1.54. The van der Waals surface area contributed by atoms with Crippen molar-refractivity contribution in [1.82, 2.24) is 0 Å². The molecule has 4 aliphatic carbocycles. The van der Waals surface area contributed by atoms with Crippen LogP contribution in [-0.4, -0.2) is 42.4 Å². The Bertz CT molecular complexity index is 791. The van der Waals surface area contributed by atoms with Gasteiger partial charge in [-0.1, -0.05) is 19.4 Å². The first kappa shape index (κ1) is 23.0. The number of thioether (sulfide) groups is 1. The Morgan fingerprint density at radius 1 is 1.16 bits per heavy atom. The molecule has 0 aromatic rings. The van der Waals surface area contributed by atoms with Gasteiger partial charge in [-0.05, 0) is 85.9 Å². The molecule has 0 aromatic carbocycles. The number of Topliss-reactive ketones (excluding diaryl/α,β-unsaturated/α-hetero) is 1. The van der Waals surface area contributed by atoms with E-state index in [4.69, 9.17) is 9.47 Å². The minimum Gasteiger partial charge on any atom is -0.458 e. The fourth-order valence-corrected chi connectivity index (χ4v) is 7.99. The zero-order valence-corrected chi connectivity index (χ0v) is 20.1. The average Bonchev–Trinajstić information content (AvgIpc) is 3.08. The number of hydrogen-bond donors (Lipinski definition) is 0. The van der Waals surface area contributed by atoms with Crippen LogP contribution in [0.3, 0.4) is 0 Å². The van der Waals surface area contributed by atoms with Gasteiger partial charge in [0, 0.05) is 12.8 Å². The molecule has 4 aliphatic rings. The first-order valence-electron chi connectivity index (χ1n) is 11.7. The summed E-state index contributed by atoms with van der Waals surface area (Å²) in [7, 11) is 0. The van der Waals surface area contributed by atoms with Crippen molar-refractivity contribution in [2.45, 2.75) is 71.8 Å². The van der Waals surface area contributed by atoms with E-state index in [-0.39, 0.29) is 47.0 Å². The van der Waals surface area contributed by atoms with E-state index in [1.807, 2.05) is 12.3 Å². The fraction of sp³-hybridized carbons (Fsp3) is 0.800. The van der Waals surface area contributed by atoms with Crippen molar-refractivity contribution in [3.8, 4) is 0 Å². The normalized spacial score (nSPS) is 41.6. The number of fused-ring (bicyclic) bond motifs is 5. The van der Waals surface area contributed by atoms with Crippen LogP contribution in [0.1, 0.15) is 65.7 Å². The van der Waals surface area contributed by atoms with Gasteiger partial charge in [0.05, 0.1) is 5.94 Å². The van der Waals surface area contributed by atoms with Crippen LogP contribution in [0, 0.1) is 34.5 Å². The van der Waals surface area contributed by atoms with Gasteiger partial charge in [-0.3, -0.25) is 14.4 Å². The van der Waals surface area contributed by atoms with E-state index in [9.17, 15) is 14.4 Å². The van der Waals surface area contributed by atoms with Crippen LogP contribution in [-0.2, 0) is 23.9 Å². The van der Waals surface area contributed by atoms with Crippen molar-refractivity contribution in [3.05, 3.63) is 11.6 Å². The second-order valence-electron chi connectivity index (χ2n) is 10.6. The first-order valence-corrected chi connectivity index (χ1v) is 13.1. The van der Waals surface area contributed by atoms with E-state index in [0.717, 1.165) is 44.9 Å². The summed E-state index contributed by atoms with van der Waals surface area (Å²) in [5.41, 5.74) is 1.34. The van der Waals surface area contributed by atoms with Gasteiger partial charge in [-0.25, -0.2) is 0 Å². The van der Waals surface area contributed by atoms with Crippen LogP contribution in [0.2, 0.25) is 0 Å². The van der Waals surface area contributed by atoms with Gasteiger partial charge in [0.15, 0.2) is 11.6 Å². The quantitative estimate of drug-likeness (QED) is 0.437. The zero-order chi connectivity index (χ0) is 22.4. The Labute approximate surface area is 190 Å². The number of allylic oxidation sites excluding steroid dienone is 1. The molecule has 0 amide bonds. The average molecular weight is 449 g/mol. The molecule has 3 saturated carbocycles. The summed E-state index contributed by atoms with van der Waals surface area (Å²) < 4.78 is 11.0. The second-order valence-corrected chi connectivity index (χ2v) is 11.4. The fourth-order valence-electron chi connectivity index (χ4n) is 7.69. The highest BCUT2D eigenvalue weighted by Gasteiger charge is 2.60. The highest BCUT2D eigenvalue weighted by Crippen LogP contribution is 2.66. The molecule has 3 fully saturated rings. The van der Waals surface area contributed by atoms with Crippen LogP contribution in [0.25, 0.3) is 0 Å². The van der Waals surface area contributed by atoms with Crippen molar-refractivity contribution in [2.75, 3.05) is 18.8 Å². The second kappa shape index (κ2) is 8.66. The maximum Gasteiger partial charge on any atom is 0.303 e. The van der Waals surface area contributed by atoms with E-state index in [1.54, 1.807) is 11.8 Å². The minimum atomic E-state index is -0.388. The molecule has 0 N–H and O–H groups in total. The lowest BCUT2D eigenvalue weighted by Crippen LogP contribution is -2.53. The van der Waals surface area contributed by atoms with Gasteiger partial charge >= 0.3 is 5.97 Å². The molecule has 1 unspecified atom stereocenters. The molecular formula is C25H36O5S. The number of hydrogen-bond acceptors (Lipinski definition) is 6. The number of carbonyl (C=O) groups excluding carboxylic acids is 3. The third-order valence-corrected chi connectivity index (χ3v) is 9.54. The van der Waals surface area contributed by atoms with Gasteiger partial charge in [0.2, 0.25) is 0 Å². The van der Waals surface area contributed by atoms with Gasteiger partial charge in [-0.15, -0.1) is 11.8 Å². The Hall–Kier alpha value is -1.14. The van der Waals surface area contributed by atoms with E-state index in [2.05, 4.69) is 13.8 Å². The zero-order valence-electron chi connectivity index (χ0n) is 19.3. The molecule has 6 heteroatoms. The molecular weight excluding hydrogens is 412 g/mol. The van der Waals surface area contributed by atoms with Crippen LogP contribution >= 0.6 is 11.8 Å². The highest BCUT2D eigenvalue weighted by molar-refractivity contribution is 7.98. The van der Waals surface area contributed by atoms with E-state index in [1.165, 1.54) is 12.5 Å². The third-order valence-electron chi connectivity index (χ3n) is 9.17. The van der Waals surface area contributed by atoms with Crippen LogP contribution < -0.4 is 0 Å². The lowest BCUT2D eigenvalue weighted by molar-refractivity contribution is -0.149. The summed E-state index contributed by atoms with van der Waals surface area (Å²) in [5.74, 6) is 2.04. The molecule has 172 valence electrons. The number of carbonyl (C=O) groups is 3. The van der Waals surface area contributed by atoms with Crippen molar-refractivity contribution < 1.29 is 23.9 Å². The smallest absolute Gasteiger partial charge is 0.303 e. The van der Waals surface area contributed by atoms with Crippen LogP contribution in [0.15, 0.2) is 11.6 Å². The molecule has 4 rings (SSSR count). The molecule has 0 bridgehead atoms.